The first-order valence-electron chi connectivity index (χ1n) is 8.69. The van der Waals surface area contributed by atoms with Gasteiger partial charge in [-0.3, -0.25) is 0 Å². The molecule has 3 rings (SSSR count). The van der Waals surface area contributed by atoms with Crippen molar-refractivity contribution in [2.24, 2.45) is 0 Å². The predicted molar refractivity (Wildman–Crippen MR) is 96.9 cm³/mol. The number of aryl methyl sites for hydroxylation is 1. The topological polar surface area (TPSA) is 59.7 Å². The molecule has 4 nitrogen and oxygen atoms in total. The van der Waals surface area contributed by atoms with Crippen LogP contribution in [0.25, 0.3) is 0 Å². The monoisotopic (exact) mass is 342 g/mol. The minimum atomic E-state index is -1.10. The van der Waals surface area contributed by atoms with Crippen molar-refractivity contribution < 1.29 is 19.1 Å². The third-order valence-corrected chi connectivity index (χ3v) is 5.48. The van der Waals surface area contributed by atoms with Gasteiger partial charge in [0.25, 0.3) is 5.95 Å². The van der Waals surface area contributed by atoms with Crippen molar-refractivity contribution in [1.82, 2.24) is 0 Å². The molecule has 25 heavy (non-hydrogen) atoms. The van der Waals surface area contributed by atoms with Crippen LogP contribution in [-0.4, -0.2) is 11.1 Å². The summed E-state index contributed by atoms with van der Waals surface area (Å²) in [6, 6.07) is 5.18. The fraction of sp³-hybridized carbons (Fsp3) is 0.476. The van der Waals surface area contributed by atoms with Gasteiger partial charge in [0.2, 0.25) is 5.76 Å². The molecule has 1 aromatic carbocycles. The van der Waals surface area contributed by atoms with E-state index in [0.29, 0.717) is 0 Å². The highest BCUT2D eigenvalue weighted by molar-refractivity contribution is 5.84. The molecule has 1 heterocycles. The normalized spacial score (nSPS) is 17.8. The molecule has 0 bridgehead atoms. The van der Waals surface area contributed by atoms with Gasteiger partial charge in [0.15, 0.2) is 0 Å². The maximum absolute atomic E-state index is 11.0. The van der Waals surface area contributed by atoms with Crippen LogP contribution in [0.5, 0.6) is 11.7 Å². The van der Waals surface area contributed by atoms with Gasteiger partial charge >= 0.3 is 5.97 Å². The summed E-state index contributed by atoms with van der Waals surface area (Å²) in [5.41, 5.74) is 5.10. The zero-order chi connectivity index (χ0) is 18.6. The number of carboxylic acid groups (broad SMARTS) is 1. The molecule has 1 aliphatic carbocycles. The Morgan fingerprint density at radius 1 is 1.12 bits per heavy atom. The molecule has 0 atom stereocenters. The third kappa shape index (κ3) is 2.94. The summed E-state index contributed by atoms with van der Waals surface area (Å²) in [5.74, 6) is -0.256. The van der Waals surface area contributed by atoms with Gasteiger partial charge in [-0.15, -0.1) is 0 Å². The van der Waals surface area contributed by atoms with Gasteiger partial charge in [0.1, 0.15) is 5.75 Å². The summed E-state index contributed by atoms with van der Waals surface area (Å²) < 4.78 is 11.2. The summed E-state index contributed by atoms with van der Waals surface area (Å²) in [4.78, 5) is 11.0. The van der Waals surface area contributed by atoms with Crippen LogP contribution < -0.4 is 4.74 Å². The summed E-state index contributed by atoms with van der Waals surface area (Å²) in [6.07, 6.45) is 2.28. The van der Waals surface area contributed by atoms with E-state index in [0.717, 1.165) is 29.7 Å². The van der Waals surface area contributed by atoms with Crippen molar-refractivity contribution in [3.63, 3.8) is 0 Å². The number of benzene rings is 1. The van der Waals surface area contributed by atoms with Gasteiger partial charge in [-0.05, 0) is 65.8 Å². The summed E-state index contributed by atoms with van der Waals surface area (Å²) >= 11 is 0. The van der Waals surface area contributed by atoms with Gasteiger partial charge in [-0.1, -0.05) is 33.8 Å². The number of fused-ring (bicyclic) bond motifs is 1. The van der Waals surface area contributed by atoms with E-state index in [2.05, 4.69) is 40.7 Å². The van der Waals surface area contributed by atoms with Crippen LogP contribution in [0.3, 0.4) is 0 Å². The molecular formula is C21H26O4. The second kappa shape index (κ2) is 5.65. The Balaban J connectivity index is 2.11. The first-order chi connectivity index (χ1) is 11.5. The summed E-state index contributed by atoms with van der Waals surface area (Å²) in [5, 5.41) is 9.01. The molecule has 134 valence electrons. The largest absolute Gasteiger partial charge is 0.475 e. The van der Waals surface area contributed by atoms with E-state index in [4.69, 9.17) is 14.3 Å². The van der Waals surface area contributed by atoms with Crippen LogP contribution in [0, 0.1) is 13.8 Å². The average Bonchev–Trinajstić information content (AvgIpc) is 2.96. The van der Waals surface area contributed by atoms with E-state index in [1.54, 1.807) is 6.07 Å². The number of furan rings is 1. The molecule has 0 amide bonds. The van der Waals surface area contributed by atoms with Crippen molar-refractivity contribution in [3.8, 4) is 11.7 Å². The SMILES string of the molecule is Cc1cc2c(c(C)c1Oc1ccc(C(=O)O)o1)C(C)(C)CCC2(C)C. The molecule has 0 unspecified atom stereocenters. The van der Waals surface area contributed by atoms with Crippen LogP contribution in [-0.2, 0) is 10.8 Å². The van der Waals surface area contributed by atoms with Gasteiger partial charge in [-0.2, -0.15) is 0 Å². The first-order valence-corrected chi connectivity index (χ1v) is 8.69. The van der Waals surface area contributed by atoms with Crippen LogP contribution in [0.1, 0.15) is 73.3 Å². The van der Waals surface area contributed by atoms with E-state index in [1.165, 1.54) is 17.2 Å². The standard InChI is InChI=1S/C21H26O4/c1-12-11-14-17(21(5,6)10-9-20(14,3)4)13(2)18(12)25-16-8-7-15(24-16)19(22)23/h7-8,11H,9-10H2,1-6H3,(H,22,23). The van der Waals surface area contributed by atoms with E-state index in [1.807, 2.05) is 6.92 Å². The molecule has 2 aromatic rings. The molecule has 0 spiro atoms. The van der Waals surface area contributed by atoms with Gasteiger partial charge in [-0.25, -0.2) is 4.79 Å². The zero-order valence-electron chi connectivity index (χ0n) is 15.8. The quantitative estimate of drug-likeness (QED) is 0.773. The average molecular weight is 342 g/mol. The molecule has 1 aliphatic rings. The number of ether oxygens (including phenoxy) is 1. The molecular weight excluding hydrogens is 316 g/mol. The Labute approximate surface area is 148 Å². The molecule has 0 fully saturated rings. The number of hydrogen-bond donors (Lipinski definition) is 1. The number of carbonyl (C=O) groups is 1. The van der Waals surface area contributed by atoms with E-state index >= 15 is 0 Å². The van der Waals surface area contributed by atoms with Crippen molar-refractivity contribution in [1.29, 1.82) is 0 Å². The molecule has 0 saturated heterocycles. The fourth-order valence-electron chi connectivity index (χ4n) is 4.00. The molecule has 1 N–H and O–H groups in total. The molecule has 1 aromatic heterocycles. The van der Waals surface area contributed by atoms with E-state index in [-0.39, 0.29) is 22.5 Å². The van der Waals surface area contributed by atoms with E-state index in [9.17, 15) is 4.79 Å². The van der Waals surface area contributed by atoms with Gasteiger partial charge < -0.3 is 14.3 Å². The summed E-state index contributed by atoms with van der Waals surface area (Å²) in [7, 11) is 0. The lowest BCUT2D eigenvalue weighted by atomic mass is 9.61. The Kier molecular flexibility index (Phi) is 3.98. The smallest absolute Gasteiger partial charge is 0.371 e. The third-order valence-electron chi connectivity index (χ3n) is 5.48. The lowest BCUT2D eigenvalue weighted by Gasteiger charge is -2.43. The predicted octanol–water partition coefficient (Wildman–Crippen LogP) is 5.74. The Morgan fingerprint density at radius 3 is 2.36 bits per heavy atom. The highest BCUT2D eigenvalue weighted by atomic mass is 16.6. The van der Waals surface area contributed by atoms with Crippen molar-refractivity contribution in [2.75, 3.05) is 0 Å². The van der Waals surface area contributed by atoms with Crippen LogP contribution in [0.15, 0.2) is 22.6 Å². The Hall–Kier alpha value is -2.23. The highest BCUT2D eigenvalue weighted by Gasteiger charge is 2.39. The number of carboxylic acids is 1. The molecule has 0 radical (unpaired) electrons. The Morgan fingerprint density at radius 2 is 1.76 bits per heavy atom. The van der Waals surface area contributed by atoms with Crippen LogP contribution in [0.4, 0.5) is 0 Å². The van der Waals surface area contributed by atoms with E-state index < -0.39 is 5.97 Å². The second-order valence-electron chi connectivity index (χ2n) is 8.36. The molecule has 4 heteroatoms. The van der Waals surface area contributed by atoms with Crippen LogP contribution >= 0.6 is 0 Å². The highest BCUT2D eigenvalue weighted by Crippen LogP contribution is 2.50. The minimum absolute atomic E-state index is 0.0795. The van der Waals surface area contributed by atoms with Crippen molar-refractivity contribution in [3.05, 3.63) is 46.2 Å². The maximum atomic E-state index is 11.0. The lowest BCUT2D eigenvalue weighted by Crippen LogP contribution is -2.35. The number of rotatable bonds is 3. The second-order valence-corrected chi connectivity index (χ2v) is 8.36. The lowest BCUT2D eigenvalue weighted by molar-refractivity contribution is 0.0657. The first kappa shape index (κ1) is 17.6. The Bertz CT molecular complexity index is 840. The molecule has 0 aliphatic heterocycles. The summed E-state index contributed by atoms with van der Waals surface area (Å²) in [6.45, 7) is 13.3. The van der Waals surface area contributed by atoms with Crippen LogP contribution in [0.2, 0.25) is 0 Å². The number of hydrogen-bond acceptors (Lipinski definition) is 3. The number of aromatic carboxylic acids is 1. The fourth-order valence-corrected chi connectivity index (χ4v) is 4.00. The van der Waals surface area contributed by atoms with Crippen molar-refractivity contribution >= 4 is 5.97 Å². The van der Waals surface area contributed by atoms with Gasteiger partial charge in [0.05, 0.1) is 0 Å². The van der Waals surface area contributed by atoms with Crippen molar-refractivity contribution in [2.45, 2.75) is 65.2 Å². The minimum Gasteiger partial charge on any atom is -0.475 e. The maximum Gasteiger partial charge on any atom is 0.371 e. The zero-order valence-corrected chi connectivity index (χ0v) is 15.8. The van der Waals surface area contributed by atoms with Gasteiger partial charge in [0, 0.05) is 6.07 Å². The molecule has 0 saturated carbocycles.